The number of hydrogen-bond acceptors (Lipinski definition) is 3. The van der Waals surface area contributed by atoms with Crippen molar-refractivity contribution in [3.05, 3.63) is 18.0 Å². The molecule has 0 aliphatic rings. The Hall–Kier alpha value is -0.850. The van der Waals surface area contributed by atoms with E-state index in [4.69, 9.17) is 5.73 Å². The first kappa shape index (κ1) is 12.2. The van der Waals surface area contributed by atoms with E-state index in [9.17, 15) is 8.42 Å². The lowest BCUT2D eigenvalue weighted by Gasteiger charge is -2.01. The van der Waals surface area contributed by atoms with E-state index in [1.807, 2.05) is 6.92 Å². The van der Waals surface area contributed by atoms with Gasteiger partial charge in [-0.25, -0.2) is 13.1 Å². The van der Waals surface area contributed by atoms with Gasteiger partial charge in [-0.1, -0.05) is 6.92 Å². The topological polar surface area (TPSA) is 77.1 Å². The highest BCUT2D eigenvalue weighted by molar-refractivity contribution is 7.89. The zero-order chi connectivity index (χ0) is 11.5. The van der Waals surface area contributed by atoms with E-state index in [1.54, 1.807) is 23.9 Å². The lowest BCUT2D eigenvalue weighted by molar-refractivity contribution is 0.580. The van der Waals surface area contributed by atoms with Gasteiger partial charge in [-0.3, -0.25) is 0 Å². The van der Waals surface area contributed by atoms with Crippen LogP contribution in [-0.4, -0.2) is 19.5 Å². The molecular formula is C9H17N3O2S. The van der Waals surface area contributed by atoms with Crippen LogP contribution < -0.4 is 10.5 Å². The van der Waals surface area contributed by atoms with Crippen LogP contribution in [0.2, 0.25) is 0 Å². The average molecular weight is 231 g/mol. The summed E-state index contributed by atoms with van der Waals surface area (Å²) in [6.45, 7) is 2.70. The fourth-order valence-electron chi connectivity index (χ4n) is 1.25. The second-order valence-corrected chi connectivity index (χ2v) is 5.15. The van der Waals surface area contributed by atoms with Crippen LogP contribution >= 0.6 is 0 Å². The molecule has 0 saturated heterocycles. The Morgan fingerprint density at radius 3 is 2.67 bits per heavy atom. The maximum absolute atomic E-state index is 11.7. The van der Waals surface area contributed by atoms with E-state index < -0.39 is 10.0 Å². The van der Waals surface area contributed by atoms with Gasteiger partial charge in [-0.15, -0.1) is 0 Å². The Bertz CT molecular complexity index is 423. The number of rotatable bonds is 5. The monoisotopic (exact) mass is 231 g/mol. The molecule has 86 valence electrons. The standard InChI is InChI=1S/C9H17N3O2S/c1-3-4-11-15(13,14)9-5-8(6-10)12(2)7-9/h5,7,11H,3-4,6,10H2,1-2H3. The van der Waals surface area contributed by atoms with Crippen LogP contribution in [0, 0.1) is 0 Å². The van der Waals surface area contributed by atoms with Crippen LogP contribution in [0.4, 0.5) is 0 Å². The van der Waals surface area contributed by atoms with E-state index >= 15 is 0 Å². The highest BCUT2D eigenvalue weighted by atomic mass is 32.2. The van der Waals surface area contributed by atoms with Gasteiger partial charge < -0.3 is 10.3 Å². The van der Waals surface area contributed by atoms with Crippen molar-refractivity contribution in [2.24, 2.45) is 12.8 Å². The predicted molar refractivity (Wildman–Crippen MR) is 58.8 cm³/mol. The van der Waals surface area contributed by atoms with Crippen molar-refractivity contribution in [2.75, 3.05) is 6.54 Å². The molecule has 0 radical (unpaired) electrons. The van der Waals surface area contributed by atoms with Crippen LogP contribution in [0.5, 0.6) is 0 Å². The Morgan fingerprint density at radius 2 is 2.20 bits per heavy atom. The molecule has 0 spiro atoms. The summed E-state index contributed by atoms with van der Waals surface area (Å²) in [7, 11) is -1.58. The number of nitrogens with zero attached hydrogens (tertiary/aromatic N) is 1. The molecule has 1 aromatic heterocycles. The molecule has 0 amide bonds. The highest BCUT2D eigenvalue weighted by Gasteiger charge is 2.15. The number of nitrogens with one attached hydrogen (secondary N) is 1. The molecule has 0 bridgehead atoms. The number of aryl methyl sites for hydroxylation is 1. The van der Waals surface area contributed by atoms with Gasteiger partial charge in [0.25, 0.3) is 0 Å². The molecule has 0 atom stereocenters. The molecule has 0 unspecified atom stereocenters. The molecule has 0 aromatic carbocycles. The molecule has 5 nitrogen and oxygen atoms in total. The largest absolute Gasteiger partial charge is 0.352 e. The average Bonchev–Trinajstić information content (AvgIpc) is 2.57. The van der Waals surface area contributed by atoms with Crippen LogP contribution in [0.3, 0.4) is 0 Å². The fourth-order valence-corrected chi connectivity index (χ4v) is 2.47. The molecular weight excluding hydrogens is 214 g/mol. The predicted octanol–water partition coefficient (Wildman–Crippen LogP) is 0.172. The van der Waals surface area contributed by atoms with Gasteiger partial charge >= 0.3 is 0 Å². The lowest BCUT2D eigenvalue weighted by Crippen LogP contribution is -2.23. The molecule has 0 fully saturated rings. The molecule has 0 aliphatic carbocycles. The summed E-state index contributed by atoms with van der Waals surface area (Å²) in [5.74, 6) is 0. The zero-order valence-corrected chi connectivity index (χ0v) is 9.84. The third kappa shape index (κ3) is 2.80. The van der Waals surface area contributed by atoms with E-state index in [-0.39, 0.29) is 4.90 Å². The second kappa shape index (κ2) is 4.78. The van der Waals surface area contributed by atoms with E-state index in [0.29, 0.717) is 13.1 Å². The third-order valence-corrected chi connectivity index (χ3v) is 3.57. The number of hydrogen-bond donors (Lipinski definition) is 2. The summed E-state index contributed by atoms with van der Waals surface area (Å²) in [4.78, 5) is 0.277. The van der Waals surface area contributed by atoms with Gasteiger partial charge in [0.2, 0.25) is 10.0 Å². The summed E-state index contributed by atoms with van der Waals surface area (Å²) in [5, 5.41) is 0. The van der Waals surface area contributed by atoms with Gasteiger partial charge in [0.05, 0.1) is 4.90 Å². The Morgan fingerprint density at radius 1 is 1.53 bits per heavy atom. The maximum Gasteiger partial charge on any atom is 0.242 e. The van der Waals surface area contributed by atoms with Crippen molar-refractivity contribution in [1.82, 2.24) is 9.29 Å². The summed E-state index contributed by atoms with van der Waals surface area (Å²) < 4.78 is 27.6. The van der Waals surface area contributed by atoms with Crippen molar-refractivity contribution in [3.63, 3.8) is 0 Å². The molecule has 1 heterocycles. The van der Waals surface area contributed by atoms with Crippen LogP contribution in [0.25, 0.3) is 0 Å². The van der Waals surface area contributed by atoms with Crippen LogP contribution in [0.15, 0.2) is 17.2 Å². The summed E-state index contributed by atoms with van der Waals surface area (Å²) in [6.07, 6.45) is 2.34. The first-order chi connectivity index (χ1) is 7.01. The van der Waals surface area contributed by atoms with Crippen LogP contribution in [0.1, 0.15) is 19.0 Å². The van der Waals surface area contributed by atoms with Crippen LogP contribution in [-0.2, 0) is 23.6 Å². The van der Waals surface area contributed by atoms with Gasteiger partial charge in [-0.05, 0) is 12.5 Å². The molecule has 1 rings (SSSR count). The number of nitrogens with two attached hydrogens (primary N) is 1. The summed E-state index contributed by atoms with van der Waals surface area (Å²) >= 11 is 0. The minimum Gasteiger partial charge on any atom is -0.352 e. The molecule has 1 aromatic rings. The first-order valence-electron chi connectivity index (χ1n) is 4.86. The Kier molecular flexibility index (Phi) is 3.90. The van der Waals surface area contributed by atoms with E-state index in [0.717, 1.165) is 12.1 Å². The number of sulfonamides is 1. The van der Waals surface area contributed by atoms with Gasteiger partial charge in [0.1, 0.15) is 0 Å². The van der Waals surface area contributed by atoms with Gasteiger partial charge in [0, 0.05) is 32.0 Å². The van der Waals surface area contributed by atoms with E-state index in [1.165, 1.54) is 0 Å². The lowest BCUT2D eigenvalue weighted by atomic mass is 10.4. The molecule has 6 heteroatoms. The Labute approximate surface area is 90.3 Å². The smallest absolute Gasteiger partial charge is 0.242 e. The van der Waals surface area contributed by atoms with Crippen molar-refractivity contribution >= 4 is 10.0 Å². The Balaban J connectivity index is 2.95. The first-order valence-corrected chi connectivity index (χ1v) is 6.34. The van der Waals surface area contributed by atoms with Crippen molar-refractivity contribution in [3.8, 4) is 0 Å². The quantitative estimate of drug-likeness (QED) is 0.758. The van der Waals surface area contributed by atoms with Crippen molar-refractivity contribution < 1.29 is 8.42 Å². The summed E-state index contributed by atoms with van der Waals surface area (Å²) in [5.41, 5.74) is 6.27. The fraction of sp³-hybridized carbons (Fsp3) is 0.556. The van der Waals surface area contributed by atoms with Gasteiger partial charge in [-0.2, -0.15) is 0 Å². The minimum absolute atomic E-state index is 0.277. The second-order valence-electron chi connectivity index (χ2n) is 3.38. The van der Waals surface area contributed by atoms with Crippen molar-refractivity contribution in [2.45, 2.75) is 24.8 Å². The molecule has 0 aliphatic heterocycles. The highest BCUT2D eigenvalue weighted by Crippen LogP contribution is 2.12. The van der Waals surface area contributed by atoms with Crippen molar-refractivity contribution in [1.29, 1.82) is 0 Å². The third-order valence-electron chi connectivity index (χ3n) is 2.14. The zero-order valence-electron chi connectivity index (χ0n) is 9.03. The maximum atomic E-state index is 11.7. The minimum atomic E-state index is -3.36. The summed E-state index contributed by atoms with van der Waals surface area (Å²) in [6, 6.07) is 1.60. The normalized spacial score (nSPS) is 11.9. The van der Waals surface area contributed by atoms with Gasteiger partial charge in [0.15, 0.2) is 0 Å². The number of aromatic nitrogens is 1. The molecule has 0 saturated carbocycles. The van der Waals surface area contributed by atoms with E-state index in [2.05, 4.69) is 4.72 Å². The SMILES string of the molecule is CCCNS(=O)(=O)c1cc(CN)n(C)c1. The molecule has 3 N–H and O–H groups in total. The molecule has 15 heavy (non-hydrogen) atoms.